The number of hydrogen-bond acceptors (Lipinski definition) is 5. The number of aryl methyl sites for hydroxylation is 1. The van der Waals surface area contributed by atoms with Gasteiger partial charge in [0.15, 0.2) is 5.82 Å². The maximum atomic E-state index is 13.4. The minimum absolute atomic E-state index is 0.00828. The largest absolute Gasteiger partial charge is 0.478 e. The van der Waals surface area contributed by atoms with Gasteiger partial charge < -0.3 is 9.52 Å². The standard InChI is InChI=1S/C24H28N2O5S/c1-7-26(32(29,30)19-12-15(2)16(3)20(13-19)23(27)28)21-14-31-22(25-21)17-8-10-18(11-9-17)24(4,5)6/h8-14H,7H2,1-6H3,(H,27,28). The van der Waals surface area contributed by atoms with Crippen LogP contribution in [0.4, 0.5) is 5.82 Å². The van der Waals surface area contributed by atoms with Crippen LogP contribution in [0.25, 0.3) is 11.5 Å². The van der Waals surface area contributed by atoms with E-state index in [-0.39, 0.29) is 28.2 Å². The van der Waals surface area contributed by atoms with E-state index in [1.54, 1.807) is 20.8 Å². The van der Waals surface area contributed by atoms with Crippen LogP contribution in [0.2, 0.25) is 0 Å². The number of oxazole rings is 1. The van der Waals surface area contributed by atoms with E-state index in [2.05, 4.69) is 25.8 Å². The Kier molecular flexibility index (Phi) is 6.20. The second-order valence-electron chi connectivity index (χ2n) is 8.73. The Morgan fingerprint density at radius 3 is 2.28 bits per heavy atom. The van der Waals surface area contributed by atoms with Crippen molar-refractivity contribution in [3.05, 3.63) is 64.9 Å². The quantitative estimate of drug-likeness (QED) is 0.549. The molecule has 0 bridgehead atoms. The maximum Gasteiger partial charge on any atom is 0.336 e. The molecule has 1 heterocycles. The van der Waals surface area contributed by atoms with Crippen molar-refractivity contribution in [2.24, 2.45) is 0 Å². The topological polar surface area (TPSA) is 101 Å². The molecule has 2 aromatic carbocycles. The number of benzene rings is 2. The van der Waals surface area contributed by atoms with Crippen molar-refractivity contribution in [3.63, 3.8) is 0 Å². The summed E-state index contributed by atoms with van der Waals surface area (Å²) in [6.45, 7) is 11.5. The number of carbonyl (C=O) groups is 1. The van der Waals surface area contributed by atoms with Gasteiger partial charge in [0, 0.05) is 12.1 Å². The monoisotopic (exact) mass is 456 g/mol. The van der Waals surface area contributed by atoms with Crippen LogP contribution in [0.1, 0.15) is 54.7 Å². The van der Waals surface area contributed by atoms with Crippen LogP contribution in [0.5, 0.6) is 0 Å². The summed E-state index contributed by atoms with van der Waals surface area (Å²) in [4.78, 5) is 15.9. The minimum atomic E-state index is -4.05. The number of aromatic carboxylic acids is 1. The average molecular weight is 457 g/mol. The summed E-state index contributed by atoms with van der Waals surface area (Å²) < 4.78 is 33.4. The van der Waals surface area contributed by atoms with Crippen molar-refractivity contribution < 1.29 is 22.7 Å². The molecule has 170 valence electrons. The molecular weight excluding hydrogens is 428 g/mol. The van der Waals surface area contributed by atoms with Crippen LogP contribution in [-0.4, -0.2) is 31.0 Å². The average Bonchev–Trinajstić information content (AvgIpc) is 3.19. The van der Waals surface area contributed by atoms with Crippen LogP contribution in [-0.2, 0) is 15.4 Å². The lowest BCUT2D eigenvalue weighted by Crippen LogP contribution is -2.31. The first-order chi connectivity index (χ1) is 14.9. The number of carboxylic acid groups (broad SMARTS) is 1. The molecule has 32 heavy (non-hydrogen) atoms. The van der Waals surface area contributed by atoms with Crippen LogP contribution in [0, 0.1) is 13.8 Å². The molecular formula is C24H28N2O5S. The van der Waals surface area contributed by atoms with E-state index in [0.29, 0.717) is 17.0 Å². The molecule has 0 fully saturated rings. The fraction of sp³-hybridized carbons (Fsp3) is 0.333. The maximum absolute atomic E-state index is 13.4. The van der Waals surface area contributed by atoms with Crippen LogP contribution in [0.15, 0.2) is 52.0 Å². The van der Waals surface area contributed by atoms with Gasteiger partial charge in [0.05, 0.1) is 10.5 Å². The smallest absolute Gasteiger partial charge is 0.336 e. The van der Waals surface area contributed by atoms with Crippen molar-refractivity contribution in [2.45, 2.75) is 51.9 Å². The zero-order chi connectivity index (χ0) is 23.8. The van der Waals surface area contributed by atoms with Crippen LogP contribution >= 0.6 is 0 Å². The molecule has 3 rings (SSSR count). The van der Waals surface area contributed by atoms with Gasteiger partial charge in [0.2, 0.25) is 5.89 Å². The first kappa shape index (κ1) is 23.5. The summed E-state index contributed by atoms with van der Waals surface area (Å²) in [5.74, 6) is -0.731. The number of rotatable bonds is 6. The van der Waals surface area contributed by atoms with Gasteiger partial charge in [-0.2, -0.15) is 4.98 Å². The Hall–Kier alpha value is -3.13. The molecule has 1 aromatic heterocycles. The number of nitrogens with zero attached hydrogens (tertiary/aromatic N) is 2. The highest BCUT2D eigenvalue weighted by atomic mass is 32.2. The summed E-state index contributed by atoms with van der Waals surface area (Å²) in [5, 5.41) is 9.46. The minimum Gasteiger partial charge on any atom is -0.478 e. The molecule has 3 aromatic rings. The number of hydrogen-bond donors (Lipinski definition) is 1. The summed E-state index contributed by atoms with van der Waals surface area (Å²) in [6, 6.07) is 10.4. The number of sulfonamides is 1. The molecule has 0 aliphatic carbocycles. The number of carboxylic acids is 1. The van der Waals surface area contributed by atoms with E-state index in [4.69, 9.17) is 4.42 Å². The van der Waals surface area contributed by atoms with Crippen LogP contribution in [0.3, 0.4) is 0 Å². The van der Waals surface area contributed by atoms with Crippen LogP contribution < -0.4 is 4.31 Å². The molecule has 0 saturated carbocycles. The Morgan fingerprint density at radius 1 is 1.12 bits per heavy atom. The Labute approximate surface area is 188 Å². The molecule has 0 saturated heterocycles. The molecule has 0 aliphatic heterocycles. The number of anilines is 1. The Bertz CT molecular complexity index is 1250. The SMILES string of the molecule is CCN(c1coc(-c2ccc(C(C)(C)C)cc2)n1)S(=O)(=O)c1cc(C)c(C)c(C(=O)O)c1. The van der Waals surface area contributed by atoms with Gasteiger partial charge in [0.1, 0.15) is 6.26 Å². The fourth-order valence-electron chi connectivity index (χ4n) is 3.40. The van der Waals surface area contributed by atoms with Crippen molar-refractivity contribution in [1.29, 1.82) is 0 Å². The van der Waals surface area contributed by atoms with Gasteiger partial charge in [-0.05, 0) is 67.1 Å². The van der Waals surface area contributed by atoms with Gasteiger partial charge in [-0.15, -0.1) is 0 Å². The molecule has 0 aliphatic rings. The fourth-order valence-corrected chi connectivity index (χ4v) is 4.92. The van der Waals surface area contributed by atoms with Gasteiger partial charge in [-0.25, -0.2) is 17.5 Å². The summed E-state index contributed by atoms with van der Waals surface area (Å²) in [7, 11) is -4.05. The molecule has 0 spiro atoms. The predicted molar refractivity (Wildman–Crippen MR) is 124 cm³/mol. The highest BCUT2D eigenvalue weighted by Crippen LogP contribution is 2.30. The second-order valence-corrected chi connectivity index (χ2v) is 10.6. The second kappa shape index (κ2) is 8.43. The van der Waals surface area contributed by atoms with Gasteiger partial charge in [-0.1, -0.05) is 32.9 Å². The van der Waals surface area contributed by atoms with Gasteiger partial charge >= 0.3 is 5.97 Å². The van der Waals surface area contributed by atoms with E-state index < -0.39 is 16.0 Å². The lowest BCUT2D eigenvalue weighted by Gasteiger charge is -2.21. The third-order valence-corrected chi connectivity index (χ3v) is 7.35. The van der Waals surface area contributed by atoms with Crippen molar-refractivity contribution >= 4 is 21.8 Å². The van der Waals surface area contributed by atoms with E-state index in [0.717, 1.165) is 15.4 Å². The molecule has 0 unspecified atom stereocenters. The third-order valence-electron chi connectivity index (χ3n) is 5.49. The van der Waals surface area contributed by atoms with E-state index >= 15 is 0 Å². The van der Waals surface area contributed by atoms with Crippen molar-refractivity contribution in [3.8, 4) is 11.5 Å². The van der Waals surface area contributed by atoms with E-state index in [9.17, 15) is 18.3 Å². The van der Waals surface area contributed by atoms with E-state index in [1.165, 1.54) is 18.4 Å². The first-order valence-corrected chi connectivity index (χ1v) is 11.7. The predicted octanol–water partition coefficient (Wildman–Crippen LogP) is 5.17. The zero-order valence-corrected chi connectivity index (χ0v) is 19.9. The lowest BCUT2D eigenvalue weighted by molar-refractivity contribution is 0.0695. The summed E-state index contributed by atoms with van der Waals surface area (Å²) >= 11 is 0. The number of aromatic nitrogens is 1. The highest BCUT2D eigenvalue weighted by molar-refractivity contribution is 7.92. The van der Waals surface area contributed by atoms with E-state index in [1.807, 2.05) is 24.3 Å². The van der Waals surface area contributed by atoms with Gasteiger partial charge in [0.25, 0.3) is 10.0 Å². The molecule has 0 amide bonds. The molecule has 0 radical (unpaired) electrons. The van der Waals surface area contributed by atoms with Gasteiger partial charge in [-0.3, -0.25) is 0 Å². The van der Waals surface area contributed by atoms with Crippen molar-refractivity contribution in [2.75, 3.05) is 10.8 Å². The Morgan fingerprint density at radius 2 is 1.75 bits per heavy atom. The lowest BCUT2D eigenvalue weighted by atomic mass is 9.87. The summed E-state index contributed by atoms with van der Waals surface area (Å²) in [6.07, 6.45) is 1.30. The Balaban J connectivity index is 1.99. The van der Waals surface area contributed by atoms with Crippen molar-refractivity contribution in [1.82, 2.24) is 4.98 Å². The summed E-state index contributed by atoms with van der Waals surface area (Å²) in [5.41, 5.74) is 2.97. The molecule has 1 N–H and O–H groups in total. The zero-order valence-electron chi connectivity index (χ0n) is 19.1. The normalized spacial score (nSPS) is 12.1. The first-order valence-electron chi connectivity index (χ1n) is 10.3. The third kappa shape index (κ3) is 4.41. The highest BCUT2D eigenvalue weighted by Gasteiger charge is 2.28. The molecule has 8 heteroatoms. The molecule has 7 nitrogen and oxygen atoms in total. The molecule has 0 atom stereocenters.